The zero-order valence-corrected chi connectivity index (χ0v) is 13.3. The molecule has 0 aliphatic carbocycles. The molecule has 0 aliphatic heterocycles. The molecule has 0 bridgehead atoms. The third-order valence-corrected chi connectivity index (χ3v) is 4.79. The fraction of sp³-hybridized carbons (Fsp3) is 0.417. The summed E-state index contributed by atoms with van der Waals surface area (Å²) in [6.07, 6.45) is 2.78. The second kappa shape index (κ2) is 7.43. The van der Waals surface area contributed by atoms with Gasteiger partial charge in [0.2, 0.25) is 15.9 Å². The SMILES string of the molecule is CCCCN(CC(N)=O)S(=O)(=O)c1cccnc1C(N)=S. The summed E-state index contributed by atoms with van der Waals surface area (Å²) in [5.41, 5.74) is 10.6. The summed E-state index contributed by atoms with van der Waals surface area (Å²) >= 11 is 4.82. The van der Waals surface area contributed by atoms with Gasteiger partial charge in [-0.3, -0.25) is 9.78 Å². The van der Waals surface area contributed by atoms with Crippen molar-refractivity contribution in [1.82, 2.24) is 9.29 Å². The standard InChI is InChI=1S/C12H18N4O3S2/c1-2-3-7-16(8-10(13)17)21(18,19)9-5-4-6-15-11(9)12(14)20/h4-6H,2-3,7-8H2,1H3,(H2,13,17)(H2,14,20). The Hall–Kier alpha value is -1.58. The first-order chi connectivity index (χ1) is 9.80. The summed E-state index contributed by atoms with van der Waals surface area (Å²) < 4.78 is 26.3. The smallest absolute Gasteiger partial charge is 0.245 e. The Morgan fingerprint density at radius 3 is 2.62 bits per heavy atom. The number of pyridine rings is 1. The van der Waals surface area contributed by atoms with Gasteiger partial charge < -0.3 is 11.5 Å². The Labute approximate surface area is 129 Å². The van der Waals surface area contributed by atoms with E-state index in [1.54, 1.807) is 0 Å². The number of unbranched alkanes of at least 4 members (excludes halogenated alkanes) is 1. The van der Waals surface area contributed by atoms with Gasteiger partial charge in [-0.1, -0.05) is 25.6 Å². The van der Waals surface area contributed by atoms with Crippen LogP contribution in [0.4, 0.5) is 0 Å². The van der Waals surface area contributed by atoms with Crippen molar-refractivity contribution in [2.24, 2.45) is 11.5 Å². The number of rotatable bonds is 8. The fourth-order valence-electron chi connectivity index (χ4n) is 1.72. The third-order valence-electron chi connectivity index (χ3n) is 2.72. The van der Waals surface area contributed by atoms with Crippen molar-refractivity contribution in [1.29, 1.82) is 0 Å². The number of hydrogen-bond acceptors (Lipinski definition) is 5. The number of thiocarbonyl (C=S) groups is 1. The van der Waals surface area contributed by atoms with E-state index in [4.69, 9.17) is 23.7 Å². The molecule has 0 spiro atoms. The fourth-order valence-corrected chi connectivity index (χ4v) is 3.54. The maximum atomic E-state index is 12.7. The summed E-state index contributed by atoms with van der Waals surface area (Å²) in [6.45, 7) is 1.71. The van der Waals surface area contributed by atoms with Gasteiger partial charge in [0.05, 0.1) is 6.54 Å². The topological polar surface area (TPSA) is 119 Å². The van der Waals surface area contributed by atoms with E-state index in [1.807, 2.05) is 6.92 Å². The van der Waals surface area contributed by atoms with Crippen LogP contribution < -0.4 is 11.5 Å². The first kappa shape index (κ1) is 17.5. The van der Waals surface area contributed by atoms with Gasteiger partial charge in [0.25, 0.3) is 0 Å². The molecule has 9 heteroatoms. The van der Waals surface area contributed by atoms with E-state index in [1.165, 1.54) is 18.3 Å². The summed E-state index contributed by atoms with van der Waals surface area (Å²) in [5, 5.41) is 0. The second-order valence-electron chi connectivity index (χ2n) is 4.37. The van der Waals surface area contributed by atoms with E-state index < -0.39 is 22.5 Å². The van der Waals surface area contributed by atoms with Gasteiger partial charge in [0.15, 0.2) is 0 Å². The molecule has 1 rings (SSSR count). The van der Waals surface area contributed by atoms with Crippen molar-refractivity contribution < 1.29 is 13.2 Å². The van der Waals surface area contributed by atoms with Crippen LogP contribution in [0, 0.1) is 0 Å². The number of nitrogens with two attached hydrogens (primary N) is 2. The van der Waals surface area contributed by atoms with Crippen molar-refractivity contribution in [2.45, 2.75) is 24.7 Å². The van der Waals surface area contributed by atoms with Crippen molar-refractivity contribution >= 4 is 33.1 Å². The molecule has 116 valence electrons. The van der Waals surface area contributed by atoms with Crippen LogP contribution in [0.25, 0.3) is 0 Å². The van der Waals surface area contributed by atoms with Crippen LogP contribution in [-0.2, 0) is 14.8 Å². The minimum Gasteiger partial charge on any atom is -0.388 e. The molecule has 1 aromatic heterocycles. The molecule has 4 N–H and O–H groups in total. The lowest BCUT2D eigenvalue weighted by atomic mass is 10.3. The highest BCUT2D eigenvalue weighted by Gasteiger charge is 2.29. The molecule has 0 atom stereocenters. The van der Waals surface area contributed by atoms with E-state index in [-0.39, 0.29) is 22.1 Å². The van der Waals surface area contributed by atoms with Crippen molar-refractivity contribution in [3.63, 3.8) is 0 Å². The van der Waals surface area contributed by atoms with E-state index >= 15 is 0 Å². The molecule has 0 saturated heterocycles. The Morgan fingerprint density at radius 1 is 1.43 bits per heavy atom. The summed E-state index contributed by atoms with van der Waals surface area (Å²) in [4.78, 5) is 14.8. The summed E-state index contributed by atoms with van der Waals surface area (Å²) in [5.74, 6) is -0.726. The number of carbonyl (C=O) groups excluding carboxylic acids is 1. The van der Waals surface area contributed by atoms with Gasteiger partial charge in [0.1, 0.15) is 15.6 Å². The predicted octanol–water partition coefficient (Wildman–Crippen LogP) is -0.00810. The van der Waals surface area contributed by atoms with Crippen molar-refractivity contribution in [3.05, 3.63) is 24.0 Å². The molecule has 0 aromatic carbocycles. The summed E-state index contributed by atoms with van der Waals surface area (Å²) in [6, 6.07) is 2.83. The van der Waals surface area contributed by atoms with Crippen molar-refractivity contribution in [2.75, 3.05) is 13.1 Å². The maximum absolute atomic E-state index is 12.7. The first-order valence-electron chi connectivity index (χ1n) is 6.34. The van der Waals surface area contributed by atoms with Crippen LogP contribution in [0.2, 0.25) is 0 Å². The molecule has 0 unspecified atom stereocenters. The first-order valence-corrected chi connectivity index (χ1v) is 8.18. The average molecular weight is 330 g/mol. The van der Waals surface area contributed by atoms with E-state index in [0.717, 1.165) is 10.7 Å². The van der Waals surface area contributed by atoms with Crippen LogP contribution in [-0.4, -0.2) is 41.7 Å². The average Bonchev–Trinajstić information content (AvgIpc) is 2.42. The lowest BCUT2D eigenvalue weighted by molar-refractivity contribution is -0.118. The number of nitrogens with zero attached hydrogens (tertiary/aromatic N) is 2. The highest BCUT2D eigenvalue weighted by Crippen LogP contribution is 2.19. The lowest BCUT2D eigenvalue weighted by Gasteiger charge is -2.21. The molecule has 0 fully saturated rings. The summed E-state index contributed by atoms with van der Waals surface area (Å²) in [7, 11) is -3.94. The van der Waals surface area contributed by atoms with Crippen LogP contribution in [0.3, 0.4) is 0 Å². The minimum absolute atomic E-state index is 0.0125. The van der Waals surface area contributed by atoms with Gasteiger partial charge in [0, 0.05) is 12.7 Å². The third kappa shape index (κ3) is 4.45. The lowest BCUT2D eigenvalue weighted by Crippen LogP contribution is -2.39. The highest BCUT2D eigenvalue weighted by atomic mass is 32.2. The van der Waals surface area contributed by atoms with E-state index in [9.17, 15) is 13.2 Å². The normalized spacial score (nSPS) is 11.5. The number of hydrogen-bond donors (Lipinski definition) is 2. The number of aromatic nitrogens is 1. The molecule has 0 aliphatic rings. The minimum atomic E-state index is -3.94. The van der Waals surface area contributed by atoms with Gasteiger partial charge >= 0.3 is 0 Å². The largest absolute Gasteiger partial charge is 0.388 e. The number of amides is 1. The van der Waals surface area contributed by atoms with E-state index in [0.29, 0.717) is 6.42 Å². The zero-order chi connectivity index (χ0) is 16.0. The molecule has 1 aromatic rings. The zero-order valence-electron chi connectivity index (χ0n) is 11.7. The van der Waals surface area contributed by atoms with Gasteiger partial charge in [-0.15, -0.1) is 0 Å². The van der Waals surface area contributed by atoms with Crippen LogP contribution >= 0.6 is 12.2 Å². The van der Waals surface area contributed by atoms with E-state index in [2.05, 4.69) is 4.98 Å². The maximum Gasteiger partial charge on any atom is 0.245 e. The second-order valence-corrected chi connectivity index (χ2v) is 6.72. The van der Waals surface area contributed by atoms with Crippen LogP contribution in [0.5, 0.6) is 0 Å². The molecule has 1 heterocycles. The Bertz CT molecular complexity index is 631. The van der Waals surface area contributed by atoms with Crippen LogP contribution in [0.1, 0.15) is 25.5 Å². The van der Waals surface area contributed by atoms with Crippen molar-refractivity contribution in [3.8, 4) is 0 Å². The number of carbonyl (C=O) groups is 1. The molecular formula is C12H18N4O3S2. The number of sulfonamides is 1. The Morgan fingerprint density at radius 2 is 2.10 bits per heavy atom. The van der Waals surface area contributed by atoms with Gasteiger partial charge in [-0.2, -0.15) is 4.31 Å². The highest BCUT2D eigenvalue weighted by molar-refractivity contribution is 7.89. The molecular weight excluding hydrogens is 312 g/mol. The predicted molar refractivity (Wildman–Crippen MR) is 83.0 cm³/mol. The van der Waals surface area contributed by atoms with Gasteiger partial charge in [-0.05, 0) is 18.6 Å². The molecule has 0 radical (unpaired) electrons. The molecule has 1 amide bonds. The quantitative estimate of drug-likeness (QED) is 0.647. The van der Waals surface area contributed by atoms with Crippen LogP contribution in [0.15, 0.2) is 23.2 Å². The molecule has 7 nitrogen and oxygen atoms in total. The monoisotopic (exact) mass is 330 g/mol. The molecule has 0 saturated carbocycles. The Kier molecular flexibility index (Phi) is 6.19. The number of primary amides is 1. The molecule has 21 heavy (non-hydrogen) atoms. The Balaban J connectivity index is 3.28. The van der Waals surface area contributed by atoms with Gasteiger partial charge in [-0.25, -0.2) is 8.42 Å².